The third kappa shape index (κ3) is 9.41. The van der Waals surface area contributed by atoms with Crippen LogP contribution in [-0.2, 0) is 36.9 Å². The average molecular weight is 730 g/mol. The highest BCUT2D eigenvalue weighted by atomic mass is 19.1. The number of methoxy groups -OCH3 is 2. The maximum Gasteiger partial charge on any atom is 0.410 e. The van der Waals surface area contributed by atoms with Crippen LogP contribution in [0.15, 0.2) is 60.7 Å². The minimum absolute atomic E-state index is 0.0197. The van der Waals surface area contributed by atoms with Gasteiger partial charge in [-0.3, -0.25) is 4.90 Å². The van der Waals surface area contributed by atoms with Crippen molar-refractivity contribution in [2.45, 2.75) is 71.1 Å². The van der Waals surface area contributed by atoms with Crippen LogP contribution in [0.4, 0.5) is 14.0 Å². The first-order valence-corrected chi connectivity index (χ1v) is 17.1. The maximum absolute atomic E-state index is 15.2. The number of hydrogen-bond acceptors (Lipinski definition) is 10. The first-order valence-electron chi connectivity index (χ1n) is 17.1. The minimum atomic E-state index is -0.949. The molecule has 1 unspecified atom stereocenters. The van der Waals surface area contributed by atoms with Crippen molar-refractivity contribution < 1.29 is 42.5 Å². The maximum atomic E-state index is 15.2. The number of aromatic nitrogens is 2. The molecule has 5 rings (SSSR count). The molecule has 1 aliphatic rings. The van der Waals surface area contributed by atoms with E-state index in [0.717, 1.165) is 5.56 Å². The van der Waals surface area contributed by atoms with Crippen LogP contribution in [0.3, 0.4) is 0 Å². The van der Waals surface area contributed by atoms with Gasteiger partial charge in [0.15, 0.2) is 0 Å². The number of ether oxygens (including phenoxy) is 5. The van der Waals surface area contributed by atoms with Gasteiger partial charge in [0.05, 0.1) is 55.5 Å². The molecule has 3 aromatic carbocycles. The Morgan fingerprint density at radius 2 is 1.83 bits per heavy atom. The first-order chi connectivity index (χ1) is 25.2. The number of likely N-dealkylation sites (N-methyl/N-ethyl adjacent to an activating group) is 1. The summed E-state index contributed by atoms with van der Waals surface area (Å²) in [5.74, 6) is -0.283. The van der Waals surface area contributed by atoms with E-state index in [-0.39, 0.29) is 44.0 Å². The SMILES string of the molecule is COC(=O)[C@@H]1C[C@H](Oc2cc(C#N)cc(-c3cc(F)cc4nc(C)n(CC(CN(C)C(=O)OC(C)(C)C)OC)c34)c2)CN1C(=O)OCc1ccccc1. The largest absolute Gasteiger partial charge is 0.488 e. The number of esters is 1. The van der Waals surface area contributed by atoms with Crippen LogP contribution in [0, 0.1) is 24.1 Å². The van der Waals surface area contributed by atoms with Crippen molar-refractivity contribution in [2.75, 3.05) is 34.4 Å². The summed E-state index contributed by atoms with van der Waals surface area (Å²) in [4.78, 5) is 45.9. The number of carbonyl (C=O) groups is 3. The molecule has 2 amide bonds. The lowest BCUT2D eigenvalue weighted by Gasteiger charge is -2.27. The summed E-state index contributed by atoms with van der Waals surface area (Å²) in [6.45, 7) is 7.67. The molecule has 0 bridgehead atoms. The molecular weight excluding hydrogens is 685 g/mol. The predicted octanol–water partition coefficient (Wildman–Crippen LogP) is 6.24. The fourth-order valence-corrected chi connectivity index (χ4v) is 6.25. The topological polar surface area (TPSA) is 145 Å². The highest BCUT2D eigenvalue weighted by molar-refractivity contribution is 5.93. The number of rotatable bonds is 11. The van der Waals surface area contributed by atoms with Crippen LogP contribution in [0.5, 0.6) is 5.75 Å². The minimum Gasteiger partial charge on any atom is -0.488 e. The number of amides is 2. The molecular formula is C39H44FN5O8. The first kappa shape index (κ1) is 38.5. The Bertz CT molecular complexity index is 2000. The number of carbonyl (C=O) groups excluding carboxylic acids is 3. The Morgan fingerprint density at radius 3 is 2.49 bits per heavy atom. The number of nitriles is 1. The lowest BCUT2D eigenvalue weighted by atomic mass is 10.0. The van der Waals surface area contributed by atoms with Crippen molar-refractivity contribution in [1.82, 2.24) is 19.4 Å². The summed E-state index contributed by atoms with van der Waals surface area (Å²) in [5.41, 5.74) is 2.27. The van der Waals surface area contributed by atoms with Crippen molar-refractivity contribution >= 4 is 29.2 Å². The molecule has 13 nitrogen and oxygen atoms in total. The van der Waals surface area contributed by atoms with Crippen LogP contribution >= 0.6 is 0 Å². The van der Waals surface area contributed by atoms with Crippen molar-refractivity contribution in [1.29, 1.82) is 5.26 Å². The molecule has 0 N–H and O–H groups in total. The van der Waals surface area contributed by atoms with E-state index in [0.29, 0.717) is 28.0 Å². The van der Waals surface area contributed by atoms with Gasteiger partial charge in [-0.2, -0.15) is 5.26 Å². The summed E-state index contributed by atoms with van der Waals surface area (Å²) in [5, 5.41) is 10.00. The summed E-state index contributed by atoms with van der Waals surface area (Å²) in [6.07, 6.45) is -2.22. The highest BCUT2D eigenvalue weighted by Crippen LogP contribution is 2.35. The van der Waals surface area contributed by atoms with Gasteiger partial charge in [-0.05, 0) is 63.1 Å². The molecule has 0 saturated carbocycles. The number of likely N-dealkylation sites (tertiary alicyclic amines) is 1. The number of aryl methyl sites for hydroxylation is 1. The zero-order valence-corrected chi connectivity index (χ0v) is 30.9. The van der Waals surface area contributed by atoms with Crippen molar-refractivity contribution in [3.05, 3.63) is 83.4 Å². The number of nitrogens with zero attached hydrogens (tertiary/aromatic N) is 5. The number of imidazole rings is 1. The molecule has 0 aliphatic carbocycles. The van der Waals surface area contributed by atoms with Crippen LogP contribution in [0.1, 0.15) is 44.1 Å². The second-order valence-corrected chi connectivity index (χ2v) is 13.9. The molecule has 14 heteroatoms. The van der Waals surface area contributed by atoms with E-state index in [4.69, 9.17) is 23.7 Å². The van der Waals surface area contributed by atoms with Gasteiger partial charge < -0.3 is 33.2 Å². The average Bonchev–Trinajstić information content (AvgIpc) is 3.68. The van der Waals surface area contributed by atoms with E-state index >= 15 is 4.39 Å². The van der Waals surface area contributed by atoms with Crippen molar-refractivity contribution in [2.24, 2.45) is 0 Å². The summed E-state index contributed by atoms with van der Waals surface area (Å²) >= 11 is 0. The molecule has 1 aliphatic heterocycles. The fraction of sp³-hybridized carbons (Fsp3) is 0.410. The molecule has 53 heavy (non-hydrogen) atoms. The third-order valence-corrected chi connectivity index (χ3v) is 8.72. The van der Waals surface area contributed by atoms with Crippen LogP contribution in [0.2, 0.25) is 0 Å². The van der Waals surface area contributed by atoms with E-state index in [1.807, 2.05) is 34.9 Å². The Labute approximate surface area is 307 Å². The lowest BCUT2D eigenvalue weighted by Crippen LogP contribution is -2.41. The smallest absolute Gasteiger partial charge is 0.410 e. The van der Waals surface area contributed by atoms with Crippen LogP contribution in [0.25, 0.3) is 22.2 Å². The molecule has 4 aromatic rings. The molecule has 2 heterocycles. The van der Waals surface area contributed by atoms with Gasteiger partial charge >= 0.3 is 18.2 Å². The van der Waals surface area contributed by atoms with E-state index in [9.17, 15) is 19.6 Å². The Morgan fingerprint density at radius 1 is 1.09 bits per heavy atom. The predicted molar refractivity (Wildman–Crippen MR) is 192 cm³/mol. The standard InChI is InChI=1S/C39H44FN5O8/c1-24-42-33-17-28(40)16-32(35(33)44(24)22-31(49-6)20-43(5)37(47)53-39(2,3)4)27-13-26(19-41)14-29(15-27)52-30-18-34(36(46)50-7)45(21-30)38(48)51-23-25-11-9-8-10-12-25/h8-17,30-31,34H,18,20-23H2,1-7H3/t30-,31?,34-/m0/s1. The number of benzene rings is 3. The van der Waals surface area contributed by atoms with Gasteiger partial charge in [-0.25, -0.2) is 23.8 Å². The number of hydrogen-bond donors (Lipinski definition) is 0. The Kier molecular flexibility index (Phi) is 11.9. The van der Waals surface area contributed by atoms with E-state index in [1.54, 1.807) is 60.1 Å². The van der Waals surface area contributed by atoms with Gasteiger partial charge in [-0.15, -0.1) is 0 Å². The molecule has 0 radical (unpaired) electrons. The Balaban J connectivity index is 1.42. The van der Waals surface area contributed by atoms with E-state index in [1.165, 1.54) is 29.0 Å². The van der Waals surface area contributed by atoms with Crippen LogP contribution in [-0.4, -0.2) is 95.7 Å². The van der Waals surface area contributed by atoms with Gasteiger partial charge in [-0.1, -0.05) is 30.3 Å². The molecule has 0 spiro atoms. The molecule has 280 valence electrons. The zero-order chi connectivity index (χ0) is 38.4. The second kappa shape index (κ2) is 16.3. The van der Waals surface area contributed by atoms with E-state index in [2.05, 4.69) is 11.1 Å². The summed E-state index contributed by atoms with van der Waals surface area (Å²) in [6, 6.07) is 17.9. The third-order valence-electron chi connectivity index (χ3n) is 8.72. The zero-order valence-electron chi connectivity index (χ0n) is 30.9. The van der Waals surface area contributed by atoms with Gasteiger partial charge in [0.1, 0.15) is 41.7 Å². The highest BCUT2D eigenvalue weighted by Gasteiger charge is 2.42. The fourth-order valence-electron chi connectivity index (χ4n) is 6.25. The summed E-state index contributed by atoms with van der Waals surface area (Å²) in [7, 11) is 4.41. The Hall–Kier alpha value is -5.68. The lowest BCUT2D eigenvalue weighted by molar-refractivity contribution is -0.145. The summed E-state index contributed by atoms with van der Waals surface area (Å²) < 4.78 is 45.1. The van der Waals surface area contributed by atoms with Gasteiger partial charge in [0.2, 0.25) is 0 Å². The van der Waals surface area contributed by atoms with E-state index < -0.39 is 47.8 Å². The van der Waals surface area contributed by atoms with Gasteiger partial charge in [0, 0.05) is 32.2 Å². The number of fused-ring (bicyclic) bond motifs is 1. The quantitative estimate of drug-likeness (QED) is 0.129. The molecule has 1 saturated heterocycles. The monoisotopic (exact) mass is 729 g/mol. The molecule has 1 aromatic heterocycles. The molecule has 3 atom stereocenters. The normalized spacial score (nSPS) is 16.2. The van der Waals surface area contributed by atoms with Crippen LogP contribution < -0.4 is 4.74 Å². The van der Waals surface area contributed by atoms with Crippen molar-refractivity contribution in [3.63, 3.8) is 0 Å². The van der Waals surface area contributed by atoms with Crippen molar-refractivity contribution in [3.8, 4) is 22.9 Å². The number of halogens is 1. The van der Waals surface area contributed by atoms with Gasteiger partial charge in [0.25, 0.3) is 0 Å². The molecule has 1 fully saturated rings. The second-order valence-electron chi connectivity index (χ2n) is 13.9.